The van der Waals surface area contributed by atoms with Gasteiger partial charge in [-0.15, -0.1) is 0 Å². The Balaban J connectivity index is 3.20. The third-order valence-electron chi connectivity index (χ3n) is 5.97. The lowest BCUT2D eigenvalue weighted by Crippen LogP contribution is -2.34. The van der Waals surface area contributed by atoms with E-state index in [-0.39, 0.29) is 17.4 Å². The summed E-state index contributed by atoms with van der Waals surface area (Å²) in [4.78, 5) is 13.5. The van der Waals surface area contributed by atoms with Crippen molar-refractivity contribution in [1.29, 1.82) is 0 Å². The summed E-state index contributed by atoms with van der Waals surface area (Å²) < 4.78 is 13.7. The average molecular weight is 411 g/mol. The lowest BCUT2D eigenvalue weighted by atomic mass is 10.1. The normalized spacial score (nSPS) is 12.8. The summed E-state index contributed by atoms with van der Waals surface area (Å²) in [6, 6.07) is 3.02. The molecule has 0 aliphatic carbocycles. The van der Waals surface area contributed by atoms with Crippen LogP contribution < -0.4 is 5.32 Å². The van der Waals surface area contributed by atoms with Crippen LogP contribution in [0, 0.1) is 19.7 Å². The van der Waals surface area contributed by atoms with Crippen molar-refractivity contribution in [2.24, 2.45) is 0 Å². The van der Waals surface area contributed by atoms with Crippen LogP contribution in [0.1, 0.15) is 83.8 Å². The zero-order chi connectivity index (χ0) is 21.2. The number of hydrogen-bond donors (Lipinski definition) is 1. The molecule has 0 spiro atoms. The molecular weight excluding hydrogens is 368 g/mol. The molecule has 1 N–H and O–H groups in total. The molecule has 0 saturated heterocycles. The molecule has 2 nitrogen and oxygen atoms in total. The monoisotopic (exact) mass is 410 g/mol. The smallest absolute Gasteiger partial charge is 0.265 e. The van der Waals surface area contributed by atoms with E-state index in [2.05, 4.69) is 33.0 Å². The Morgan fingerprint density at radius 1 is 0.929 bits per heavy atom. The molecular formula is C24H42FNOP+. The van der Waals surface area contributed by atoms with Gasteiger partial charge in [0.2, 0.25) is 0 Å². The SMILES string of the molecule is CCCC[P+](CCCC)(CCCC)C(CC)C(=O)Nc1c(C)cc(F)cc1C. The first-order chi connectivity index (χ1) is 13.3. The number of carbonyl (C=O) groups excluding carboxylic acids is 1. The molecule has 0 radical (unpaired) electrons. The maximum atomic E-state index is 13.7. The van der Waals surface area contributed by atoms with Gasteiger partial charge in [-0.25, -0.2) is 4.39 Å². The molecule has 0 saturated carbocycles. The van der Waals surface area contributed by atoms with Gasteiger partial charge in [0.15, 0.2) is 0 Å². The minimum absolute atomic E-state index is 0.112. The van der Waals surface area contributed by atoms with Crippen molar-refractivity contribution in [3.63, 3.8) is 0 Å². The number of anilines is 1. The fourth-order valence-electron chi connectivity index (χ4n) is 4.36. The lowest BCUT2D eigenvalue weighted by Gasteiger charge is -2.34. The second-order valence-electron chi connectivity index (χ2n) is 8.28. The van der Waals surface area contributed by atoms with Gasteiger partial charge in [0.05, 0.1) is 18.5 Å². The molecule has 4 heteroatoms. The molecule has 28 heavy (non-hydrogen) atoms. The predicted octanol–water partition coefficient (Wildman–Crippen LogP) is 7.58. The molecule has 1 unspecified atom stereocenters. The zero-order valence-corrected chi connectivity index (χ0v) is 19.9. The largest absolute Gasteiger partial charge is 0.322 e. The highest BCUT2D eigenvalue weighted by atomic mass is 31.2. The first-order valence-corrected chi connectivity index (χ1v) is 13.7. The van der Waals surface area contributed by atoms with Crippen LogP contribution in [0.3, 0.4) is 0 Å². The second kappa shape index (κ2) is 12.6. The highest BCUT2D eigenvalue weighted by Gasteiger charge is 2.47. The number of halogens is 1. The van der Waals surface area contributed by atoms with Gasteiger partial charge < -0.3 is 5.32 Å². The molecule has 0 fully saturated rings. The minimum Gasteiger partial charge on any atom is -0.322 e. The number of benzene rings is 1. The van der Waals surface area contributed by atoms with Crippen molar-refractivity contribution >= 4 is 18.9 Å². The molecule has 1 rings (SSSR count). The molecule has 1 atom stereocenters. The van der Waals surface area contributed by atoms with Gasteiger partial charge >= 0.3 is 0 Å². The third kappa shape index (κ3) is 6.83. The first-order valence-electron chi connectivity index (χ1n) is 11.3. The van der Waals surface area contributed by atoms with Crippen molar-refractivity contribution in [3.8, 4) is 0 Å². The van der Waals surface area contributed by atoms with Crippen LogP contribution >= 0.6 is 7.26 Å². The Morgan fingerprint density at radius 2 is 1.36 bits per heavy atom. The van der Waals surface area contributed by atoms with Crippen molar-refractivity contribution in [1.82, 2.24) is 0 Å². The molecule has 1 aromatic rings. The van der Waals surface area contributed by atoms with Gasteiger partial charge in [-0.05, 0) is 62.8 Å². The molecule has 0 aliphatic rings. The van der Waals surface area contributed by atoms with Crippen LogP contribution in [0.4, 0.5) is 10.1 Å². The Hall–Kier alpha value is -0.950. The summed E-state index contributed by atoms with van der Waals surface area (Å²) in [5.41, 5.74) is 2.52. The van der Waals surface area contributed by atoms with Crippen molar-refractivity contribution in [3.05, 3.63) is 29.1 Å². The van der Waals surface area contributed by atoms with E-state index in [1.54, 1.807) is 0 Å². The number of amides is 1. The molecule has 0 heterocycles. The summed E-state index contributed by atoms with van der Waals surface area (Å²) in [7, 11) is -1.37. The quantitative estimate of drug-likeness (QED) is 0.334. The maximum Gasteiger partial charge on any atom is 0.265 e. The number of carbonyl (C=O) groups is 1. The van der Waals surface area contributed by atoms with Crippen LogP contribution in [-0.4, -0.2) is 30.1 Å². The van der Waals surface area contributed by atoms with Crippen LogP contribution in [0.25, 0.3) is 0 Å². The van der Waals surface area contributed by atoms with Crippen molar-refractivity contribution in [2.75, 3.05) is 23.8 Å². The van der Waals surface area contributed by atoms with Gasteiger partial charge in [-0.2, -0.15) is 0 Å². The zero-order valence-electron chi connectivity index (χ0n) is 19.0. The number of unbranched alkanes of at least 4 members (excludes halogenated alkanes) is 3. The summed E-state index contributed by atoms with van der Waals surface area (Å²) in [6.07, 6.45) is 11.8. The van der Waals surface area contributed by atoms with Gasteiger partial charge in [0.1, 0.15) is 11.5 Å². The molecule has 0 bridgehead atoms. The number of nitrogens with one attached hydrogen (secondary N) is 1. The van der Waals surface area contributed by atoms with Gasteiger partial charge in [0, 0.05) is 12.9 Å². The highest BCUT2D eigenvalue weighted by molar-refractivity contribution is 7.77. The minimum atomic E-state index is -1.37. The Labute approximate surface area is 173 Å². The third-order valence-corrected chi connectivity index (χ3v) is 11.5. The topological polar surface area (TPSA) is 29.1 Å². The predicted molar refractivity (Wildman–Crippen MR) is 125 cm³/mol. The molecule has 1 amide bonds. The molecule has 160 valence electrons. The van der Waals surface area contributed by atoms with Crippen LogP contribution in [0.2, 0.25) is 0 Å². The summed E-state index contributed by atoms with van der Waals surface area (Å²) in [5, 5.41) is 3.21. The van der Waals surface area contributed by atoms with Crippen molar-refractivity contribution < 1.29 is 9.18 Å². The highest BCUT2D eigenvalue weighted by Crippen LogP contribution is 2.65. The van der Waals surface area contributed by atoms with E-state index in [0.717, 1.165) is 23.2 Å². The molecule has 0 aliphatic heterocycles. The van der Waals surface area contributed by atoms with Crippen LogP contribution in [-0.2, 0) is 4.79 Å². The van der Waals surface area contributed by atoms with E-state index >= 15 is 0 Å². The fourth-order valence-corrected chi connectivity index (χ4v) is 10.1. The second-order valence-corrected chi connectivity index (χ2v) is 12.7. The summed E-state index contributed by atoms with van der Waals surface area (Å²) in [6.45, 7) is 12.7. The van der Waals surface area contributed by atoms with E-state index in [1.165, 1.54) is 69.1 Å². The number of rotatable bonds is 13. The Bertz CT molecular complexity index is 572. The van der Waals surface area contributed by atoms with E-state index in [1.807, 2.05) is 13.8 Å². The van der Waals surface area contributed by atoms with E-state index in [0.29, 0.717) is 0 Å². The lowest BCUT2D eigenvalue weighted by molar-refractivity contribution is -0.115. The Kier molecular flexibility index (Phi) is 11.3. The Morgan fingerprint density at radius 3 is 1.71 bits per heavy atom. The van der Waals surface area contributed by atoms with Crippen molar-refractivity contribution in [2.45, 2.75) is 92.1 Å². The van der Waals surface area contributed by atoms with Gasteiger partial charge in [-0.1, -0.05) is 47.0 Å². The van der Waals surface area contributed by atoms with Crippen LogP contribution in [0.15, 0.2) is 12.1 Å². The summed E-state index contributed by atoms with van der Waals surface area (Å²) in [5.74, 6) is -0.0762. The van der Waals surface area contributed by atoms with Crippen LogP contribution in [0.5, 0.6) is 0 Å². The van der Waals surface area contributed by atoms with Gasteiger partial charge in [0.25, 0.3) is 5.91 Å². The maximum absolute atomic E-state index is 13.7. The molecule has 0 aromatic heterocycles. The van der Waals surface area contributed by atoms with Gasteiger partial charge in [-0.3, -0.25) is 4.79 Å². The van der Waals surface area contributed by atoms with E-state index < -0.39 is 7.26 Å². The summed E-state index contributed by atoms with van der Waals surface area (Å²) >= 11 is 0. The number of hydrogen-bond acceptors (Lipinski definition) is 1. The molecule has 1 aromatic carbocycles. The standard InChI is InChI=1S/C24H41FNOP/c1-7-11-14-28(15-12-8-2,16-13-9-3)22(10-4)24(27)26-23-19(5)17-21(25)18-20(23)6/h17-18,22H,7-16H2,1-6H3/p+1. The average Bonchev–Trinajstić information content (AvgIpc) is 2.65. The fraction of sp³-hybridized carbons (Fsp3) is 0.708. The number of aryl methyl sites for hydroxylation is 2. The first kappa shape index (κ1) is 25.1. The van der Waals surface area contributed by atoms with E-state index in [4.69, 9.17) is 0 Å². The van der Waals surface area contributed by atoms with E-state index in [9.17, 15) is 9.18 Å².